The topological polar surface area (TPSA) is 63.2 Å². The zero-order chi connectivity index (χ0) is 27.0. The van der Waals surface area contributed by atoms with E-state index in [0.29, 0.717) is 43.1 Å². The van der Waals surface area contributed by atoms with Crippen LogP contribution in [0.25, 0.3) is 11.1 Å². The minimum atomic E-state index is -4.78. The summed E-state index contributed by atoms with van der Waals surface area (Å²) in [5, 5.41) is 0. The Morgan fingerprint density at radius 2 is 1.76 bits per heavy atom. The summed E-state index contributed by atoms with van der Waals surface area (Å²) in [6.07, 6.45) is 0.101. The van der Waals surface area contributed by atoms with Crippen molar-refractivity contribution in [2.45, 2.75) is 51.0 Å². The number of hydrogen-bond donors (Lipinski definition) is 1. The molecule has 0 unspecified atom stereocenters. The number of aromatic nitrogens is 3. The quantitative estimate of drug-likeness (QED) is 0.418. The van der Waals surface area contributed by atoms with Crippen LogP contribution in [0.15, 0.2) is 36.8 Å². The summed E-state index contributed by atoms with van der Waals surface area (Å²) in [4.78, 5) is 12.8. The van der Waals surface area contributed by atoms with E-state index in [1.165, 1.54) is 12.4 Å². The Balaban J connectivity index is 1.40. The highest BCUT2D eigenvalue weighted by Crippen LogP contribution is 2.38. The van der Waals surface area contributed by atoms with Crippen LogP contribution in [-0.4, -0.2) is 58.3 Å². The molecule has 6 nitrogen and oxygen atoms in total. The van der Waals surface area contributed by atoms with Gasteiger partial charge in [0.25, 0.3) is 0 Å². The summed E-state index contributed by atoms with van der Waals surface area (Å²) in [5.74, 6) is 0.219. The van der Waals surface area contributed by atoms with Crippen molar-refractivity contribution in [3.05, 3.63) is 59.4 Å². The zero-order valence-corrected chi connectivity index (χ0v) is 21.2. The fourth-order valence-corrected chi connectivity index (χ4v) is 5.50. The molecular formula is C27H31F5N6. The Morgan fingerprint density at radius 3 is 2.42 bits per heavy atom. The maximum atomic E-state index is 13.9. The van der Waals surface area contributed by atoms with E-state index in [9.17, 15) is 22.0 Å². The van der Waals surface area contributed by atoms with Crippen molar-refractivity contribution in [3.63, 3.8) is 0 Å². The maximum Gasteiger partial charge on any atom is 0.419 e. The Labute approximate surface area is 218 Å². The Kier molecular flexibility index (Phi) is 7.30. The van der Waals surface area contributed by atoms with Gasteiger partial charge in [-0.2, -0.15) is 13.2 Å². The van der Waals surface area contributed by atoms with Gasteiger partial charge in [0.2, 0.25) is 0 Å². The molecule has 4 heterocycles. The highest BCUT2D eigenvalue weighted by atomic mass is 19.4. The van der Waals surface area contributed by atoms with E-state index < -0.39 is 23.7 Å². The predicted molar refractivity (Wildman–Crippen MR) is 136 cm³/mol. The molecule has 0 spiro atoms. The molecule has 2 aliphatic rings. The normalized spacial score (nSPS) is 17.7. The number of hydrogen-bond acceptors (Lipinski definition) is 5. The second kappa shape index (κ2) is 10.5. The summed E-state index contributed by atoms with van der Waals surface area (Å²) in [5.41, 5.74) is 7.65. The van der Waals surface area contributed by atoms with E-state index in [-0.39, 0.29) is 5.92 Å². The number of benzene rings is 1. The van der Waals surface area contributed by atoms with E-state index in [4.69, 9.17) is 5.73 Å². The van der Waals surface area contributed by atoms with Crippen LogP contribution in [0, 0.1) is 5.82 Å². The van der Waals surface area contributed by atoms with Crippen LogP contribution in [0.2, 0.25) is 0 Å². The summed E-state index contributed by atoms with van der Waals surface area (Å²) < 4.78 is 69.4. The molecule has 2 saturated heterocycles. The smallest absolute Gasteiger partial charge is 0.383 e. The average Bonchev–Trinajstić information content (AvgIpc) is 3.29. The molecule has 2 aliphatic heterocycles. The Morgan fingerprint density at radius 1 is 1.03 bits per heavy atom. The van der Waals surface area contributed by atoms with Gasteiger partial charge in [-0.25, -0.2) is 18.7 Å². The first kappa shape index (κ1) is 26.4. The van der Waals surface area contributed by atoms with Gasteiger partial charge in [-0.3, -0.25) is 4.90 Å². The number of nitrogens with zero attached hydrogens (tertiary/aromatic N) is 5. The SMILES string of the molecule is CCc1c(N)ncnc1N1CCC(c2cc(-c3ccc(F)c(C(F)(F)F)c3)cn2CCN2CC(F)C2)CC1. The van der Waals surface area contributed by atoms with Crippen LogP contribution >= 0.6 is 0 Å². The highest BCUT2D eigenvalue weighted by Gasteiger charge is 2.35. The van der Waals surface area contributed by atoms with Gasteiger partial charge in [0.05, 0.1) is 5.56 Å². The van der Waals surface area contributed by atoms with Crippen LogP contribution in [0.4, 0.5) is 33.6 Å². The summed E-state index contributed by atoms with van der Waals surface area (Å²) >= 11 is 0. The number of halogens is 5. The van der Waals surface area contributed by atoms with Crippen LogP contribution < -0.4 is 10.6 Å². The lowest BCUT2D eigenvalue weighted by atomic mass is 9.92. The standard InChI is InChI=1S/C27H31F5N6/c1-2-21-25(33)34-16-35-26(21)37-7-5-17(6-8-37)24-12-19(13-38(24)10-9-36-14-20(28)15-36)18-3-4-23(29)22(11-18)27(30,31)32/h3-4,11-13,16-17,20H,2,5-10,14-15H2,1H3,(H2,33,34,35). The number of piperidine rings is 1. The summed E-state index contributed by atoms with van der Waals surface area (Å²) in [6, 6.07) is 5.04. The van der Waals surface area contributed by atoms with Crippen LogP contribution in [0.1, 0.15) is 42.5 Å². The third-order valence-electron chi connectivity index (χ3n) is 7.63. The number of rotatable bonds is 7. The van der Waals surface area contributed by atoms with E-state index in [1.54, 1.807) is 0 Å². The predicted octanol–water partition coefficient (Wildman–Crippen LogP) is 5.29. The van der Waals surface area contributed by atoms with Gasteiger partial charge in [0.15, 0.2) is 0 Å². The van der Waals surface area contributed by atoms with E-state index in [0.717, 1.165) is 61.6 Å². The Hall–Kier alpha value is -3.21. The molecule has 11 heteroatoms. The van der Waals surface area contributed by atoms with Crippen molar-refractivity contribution < 1.29 is 22.0 Å². The lowest BCUT2D eigenvalue weighted by Crippen LogP contribution is -2.49. The van der Waals surface area contributed by atoms with Crippen molar-refractivity contribution in [2.75, 3.05) is 43.4 Å². The molecule has 38 heavy (non-hydrogen) atoms. The minimum Gasteiger partial charge on any atom is -0.383 e. The molecular weight excluding hydrogens is 503 g/mol. The second-order valence-corrected chi connectivity index (χ2v) is 10.1. The van der Waals surface area contributed by atoms with E-state index in [1.807, 2.05) is 24.1 Å². The molecule has 3 aromatic rings. The number of nitrogen functional groups attached to an aromatic ring is 1. The molecule has 0 amide bonds. The molecule has 2 aromatic heterocycles. The van der Waals surface area contributed by atoms with Crippen molar-refractivity contribution in [3.8, 4) is 11.1 Å². The second-order valence-electron chi connectivity index (χ2n) is 10.1. The van der Waals surface area contributed by atoms with Gasteiger partial charge in [-0.1, -0.05) is 13.0 Å². The third kappa shape index (κ3) is 5.34. The zero-order valence-electron chi connectivity index (χ0n) is 21.2. The first-order chi connectivity index (χ1) is 18.1. The summed E-state index contributed by atoms with van der Waals surface area (Å²) in [7, 11) is 0. The van der Waals surface area contributed by atoms with E-state index >= 15 is 0 Å². The van der Waals surface area contributed by atoms with Gasteiger partial charge in [0, 0.05) is 62.6 Å². The lowest BCUT2D eigenvalue weighted by molar-refractivity contribution is -0.139. The molecule has 204 valence electrons. The summed E-state index contributed by atoms with van der Waals surface area (Å²) in [6.45, 7) is 5.56. The van der Waals surface area contributed by atoms with E-state index in [2.05, 4.69) is 19.4 Å². The average molecular weight is 535 g/mol. The molecule has 5 rings (SSSR count). The van der Waals surface area contributed by atoms with Crippen molar-refractivity contribution in [1.82, 2.24) is 19.4 Å². The van der Waals surface area contributed by atoms with Crippen LogP contribution in [0.5, 0.6) is 0 Å². The van der Waals surface area contributed by atoms with Crippen LogP contribution in [-0.2, 0) is 19.1 Å². The molecule has 0 saturated carbocycles. The van der Waals surface area contributed by atoms with Crippen molar-refractivity contribution in [1.29, 1.82) is 0 Å². The first-order valence-corrected chi connectivity index (χ1v) is 12.9. The molecule has 0 aliphatic carbocycles. The third-order valence-corrected chi connectivity index (χ3v) is 7.63. The monoisotopic (exact) mass is 534 g/mol. The Bertz CT molecular complexity index is 1280. The minimum absolute atomic E-state index is 0.178. The van der Waals surface area contributed by atoms with Crippen LogP contribution in [0.3, 0.4) is 0 Å². The fraction of sp³-hybridized carbons (Fsp3) is 0.481. The van der Waals surface area contributed by atoms with Gasteiger partial charge in [-0.15, -0.1) is 0 Å². The number of anilines is 2. The van der Waals surface area contributed by atoms with Gasteiger partial charge in [-0.05, 0) is 48.6 Å². The van der Waals surface area contributed by atoms with Gasteiger partial charge >= 0.3 is 6.18 Å². The van der Waals surface area contributed by atoms with Crippen molar-refractivity contribution in [2.24, 2.45) is 0 Å². The molecule has 0 bridgehead atoms. The fourth-order valence-electron chi connectivity index (χ4n) is 5.50. The maximum absolute atomic E-state index is 13.9. The number of nitrogens with two attached hydrogens (primary N) is 1. The van der Waals surface area contributed by atoms with Gasteiger partial charge in [0.1, 0.15) is 30.0 Å². The molecule has 2 N–H and O–H groups in total. The first-order valence-electron chi connectivity index (χ1n) is 12.9. The van der Waals surface area contributed by atoms with Gasteiger partial charge < -0.3 is 15.2 Å². The lowest BCUT2D eigenvalue weighted by Gasteiger charge is -2.36. The molecule has 0 radical (unpaired) electrons. The number of likely N-dealkylation sites (tertiary alicyclic amines) is 1. The number of alkyl halides is 4. The molecule has 1 aromatic carbocycles. The highest BCUT2D eigenvalue weighted by molar-refractivity contribution is 5.65. The molecule has 2 fully saturated rings. The largest absolute Gasteiger partial charge is 0.419 e. The van der Waals surface area contributed by atoms with Crippen molar-refractivity contribution >= 4 is 11.6 Å². The molecule has 0 atom stereocenters.